The third-order valence-electron chi connectivity index (χ3n) is 4.01. The first-order valence-electron chi connectivity index (χ1n) is 7.62. The summed E-state index contributed by atoms with van der Waals surface area (Å²) in [4.78, 5) is 7.28. The minimum atomic E-state index is 0.824. The molecule has 0 atom stereocenters. The van der Waals surface area contributed by atoms with Gasteiger partial charge >= 0.3 is 0 Å². The average Bonchev–Trinajstić information content (AvgIpc) is 2.55. The Morgan fingerprint density at radius 3 is 1.45 bits per heavy atom. The first kappa shape index (κ1) is 14.0. The van der Waals surface area contributed by atoms with Crippen LogP contribution in [-0.2, 0) is 14.2 Å². The maximum Gasteiger partial charge on any atom is 0.121 e. The van der Waals surface area contributed by atoms with Crippen LogP contribution >= 0.6 is 0 Å². The molecule has 114 valence electrons. The van der Waals surface area contributed by atoms with Gasteiger partial charge in [0.1, 0.15) is 5.82 Å². The third-order valence-corrected chi connectivity index (χ3v) is 4.01. The van der Waals surface area contributed by atoms with Gasteiger partial charge in [0.25, 0.3) is 0 Å². The molecular weight excluding hydrogens is 258 g/mol. The normalized spacial score (nSPS) is 24.7. The van der Waals surface area contributed by atoms with E-state index in [0.717, 1.165) is 78.9 Å². The highest BCUT2D eigenvalue weighted by molar-refractivity contribution is 5.02. The highest BCUT2D eigenvalue weighted by atomic mass is 16.5. The number of hydrogen-bond acceptors (Lipinski definition) is 6. The maximum absolute atomic E-state index is 5.48. The van der Waals surface area contributed by atoms with Gasteiger partial charge < -0.3 is 28.9 Å². The van der Waals surface area contributed by atoms with Gasteiger partial charge in [0.2, 0.25) is 0 Å². The molecule has 0 aromatic heterocycles. The van der Waals surface area contributed by atoms with Crippen molar-refractivity contribution in [1.29, 1.82) is 0 Å². The Morgan fingerprint density at radius 1 is 0.600 bits per heavy atom. The van der Waals surface area contributed by atoms with Crippen molar-refractivity contribution in [2.24, 2.45) is 0 Å². The number of nitrogens with zero attached hydrogens (tertiary/aromatic N) is 3. The SMILES string of the molecule is C(=C(N1CCOCC1)N1CCOCC1)N1CCOCC1. The van der Waals surface area contributed by atoms with E-state index in [4.69, 9.17) is 14.2 Å². The lowest BCUT2D eigenvalue weighted by Gasteiger charge is -2.41. The molecule has 3 saturated heterocycles. The first-order chi connectivity index (χ1) is 9.93. The Hall–Kier alpha value is -0.980. The zero-order valence-corrected chi connectivity index (χ0v) is 12.1. The average molecular weight is 283 g/mol. The van der Waals surface area contributed by atoms with E-state index in [1.54, 1.807) is 0 Å². The molecule has 3 heterocycles. The first-order valence-corrected chi connectivity index (χ1v) is 7.62. The minimum Gasteiger partial charge on any atom is -0.378 e. The molecule has 0 amide bonds. The van der Waals surface area contributed by atoms with Gasteiger partial charge in [-0.1, -0.05) is 0 Å². The summed E-state index contributed by atoms with van der Waals surface area (Å²) in [6.07, 6.45) is 2.32. The van der Waals surface area contributed by atoms with Crippen molar-refractivity contribution in [3.8, 4) is 0 Å². The van der Waals surface area contributed by atoms with Crippen molar-refractivity contribution in [3.63, 3.8) is 0 Å². The summed E-state index contributed by atoms with van der Waals surface area (Å²) in [5.41, 5.74) is 0. The van der Waals surface area contributed by atoms with Gasteiger partial charge in [-0.15, -0.1) is 0 Å². The van der Waals surface area contributed by atoms with Crippen molar-refractivity contribution < 1.29 is 14.2 Å². The Morgan fingerprint density at radius 2 is 1.00 bits per heavy atom. The lowest BCUT2D eigenvalue weighted by molar-refractivity contribution is 0.00421. The molecule has 0 aromatic carbocycles. The molecule has 0 bridgehead atoms. The van der Waals surface area contributed by atoms with E-state index in [9.17, 15) is 0 Å². The zero-order valence-electron chi connectivity index (χ0n) is 12.1. The topological polar surface area (TPSA) is 37.4 Å². The standard InChI is InChI=1S/C14H25N3O3/c1-7-18-8-2-15(1)13-14(16-3-9-19-10-4-16)17-5-11-20-12-6-17/h13H,1-12H2. The fourth-order valence-electron chi connectivity index (χ4n) is 2.82. The monoisotopic (exact) mass is 283 g/mol. The minimum absolute atomic E-state index is 0.824. The molecule has 3 rings (SSSR count). The van der Waals surface area contributed by atoms with Crippen LogP contribution in [0.25, 0.3) is 0 Å². The van der Waals surface area contributed by atoms with Crippen LogP contribution in [0.3, 0.4) is 0 Å². The van der Waals surface area contributed by atoms with E-state index in [2.05, 4.69) is 20.9 Å². The molecule has 6 heteroatoms. The summed E-state index contributed by atoms with van der Waals surface area (Å²) >= 11 is 0. The molecule has 0 spiro atoms. The van der Waals surface area contributed by atoms with Crippen molar-refractivity contribution in [2.75, 3.05) is 78.9 Å². The Labute approximate surface area is 120 Å². The molecule has 0 radical (unpaired) electrons. The number of morpholine rings is 3. The van der Waals surface area contributed by atoms with E-state index in [0.29, 0.717) is 0 Å². The number of hydrogen-bond donors (Lipinski definition) is 0. The van der Waals surface area contributed by atoms with Crippen LogP contribution in [0.1, 0.15) is 0 Å². The smallest absolute Gasteiger partial charge is 0.121 e. The fourth-order valence-corrected chi connectivity index (χ4v) is 2.82. The molecular formula is C14H25N3O3. The predicted molar refractivity (Wildman–Crippen MR) is 75.3 cm³/mol. The van der Waals surface area contributed by atoms with Crippen molar-refractivity contribution >= 4 is 0 Å². The van der Waals surface area contributed by atoms with Gasteiger partial charge in [-0.2, -0.15) is 0 Å². The fraction of sp³-hybridized carbons (Fsp3) is 0.857. The summed E-state index contributed by atoms with van der Waals surface area (Å²) in [5, 5.41) is 0. The van der Waals surface area contributed by atoms with Crippen LogP contribution in [-0.4, -0.2) is 93.6 Å². The molecule has 3 aliphatic rings. The lowest BCUT2D eigenvalue weighted by atomic mass is 10.3. The van der Waals surface area contributed by atoms with Crippen LogP contribution in [0.2, 0.25) is 0 Å². The number of ether oxygens (including phenoxy) is 3. The van der Waals surface area contributed by atoms with Crippen molar-refractivity contribution in [2.45, 2.75) is 0 Å². The second kappa shape index (κ2) is 7.15. The molecule has 6 nitrogen and oxygen atoms in total. The third kappa shape index (κ3) is 3.56. The van der Waals surface area contributed by atoms with Gasteiger partial charge in [-0.3, -0.25) is 0 Å². The Bertz CT molecular complexity index is 300. The molecule has 0 saturated carbocycles. The summed E-state index contributed by atoms with van der Waals surface area (Å²) < 4.78 is 16.4. The summed E-state index contributed by atoms with van der Waals surface area (Å²) in [7, 11) is 0. The second-order valence-electron chi connectivity index (χ2n) is 5.33. The van der Waals surface area contributed by atoms with Crippen molar-refractivity contribution in [1.82, 2.24) is 14.7 Å². The second-order valence-corrected chi connectivity index (χ2v) is 5.33. The zero-order chi connectivity index (χ0) is 13.6. The number of rotatable bonds is 3. The molecule has 0 N–H and O–H groups in total. The molecule has 3 fully saturated rings. The van der Waals surface area contributed by atoms with Crippen LogP contribution < -0.4 is 0 Å². The predicted octanol–water partition coefficient (Wildman–Crippen LogP) is -0.218. The summed E-state index contributed by atoms with van der Waals surface area (Å²) in [6.45, 7) is 10.8. The van der Waals surface area contributed by atoms with Gasteiger partial charge in [0, 0.05) is 45.5 Å². The highest BCUT2D eigenvalue weighted by Crippen LogP contribution is 2.16. The van der Waals surface area contributed by atoms with Gasteiger partial charge in [0.05, 0.1) is 39.6 Å². The Kier molecular flexibility index (Phi) is 5.00. The van der Waals surface area contributed by atoms with Gasteiger partial charge in [0.15, 0.2) is 0 Å². The van der Waals surface area contributed by atoms with Gasteiger partial charge in [-0.05, 0) is 0 Å². The highest BCUT2D eigenvalue weighted by Gasteiger charge is 2.22. The summed E-state index contributed by atoms with van der Waals surface area (Å²) in [5.74, 6) is 1.33. The van der Waals surface area contributed by atoms with Crippen LogP contribution in [0.5, 0.6) is 0 Å². The van der Waals surface area contributed by atoms with Crippen LogP contribution in [0.15, 0.2) is 12.0 Å². The molecule has 0 aromatic rings. The molecule has 20 heavy (non-hydrogen) atoms. The van der Waals surface area contributed by atoms with E-state index >= 15 is 0 Å². The Balaban J connectivity index is 1.71. The molecule has 3 aliphatic heterocycles. The van der Waals surface area contributed by atoms with Crippen molar-refractivity contribution in [3.05, 3.63) is 12.0 Å². The van der Waals surface area contributed by atoms with Crippen LogP contribution in [0.4, 0.5) is 0 Å². The van der Waals surface area contributed by atoms with E-state index in [1.165, 1.54) is 5.82 Å². The van der Waals surface area contributed by atoms with E-state index in [-0.39, 0.29) is 0 Å². The van der Waals surface area contributed by atoms with E-state index < -0.39 is 0 Å². The van der Waals surface area contributed by atoms with E-state index in [1.807, 2.05) is 0 Å². The largest absolute Gasteiger partial charge is 0.378 e. The summed E-state index contributed by atoms with van der Waals surface area (Å²) in [6, 6.07) is 0. The quantitative estimate of drug-likeness (QED) is 0.713. The maximum atomic E-state index is 5.48. The van der Waals surface area contributed by atoms with Gasteiger partial charge in [-0.25, -0.2) is 0 Å². The lowest BCUT2D eigenvalue weighted by Crippen LogP contribution is -2.47. The molecule has 0 unspecified atom stereocenters. The molecule has 0 aliphatic carbocycles. The van der Waals surface area contributed by atoms with Crippen LogP contribution in [0, 0.1) is 0 Å².